The van der Waals surface area contributed by atoms with Gasteiger partial charge >= 0.3 is 0 Å². The number of carbonyl (C=O) groups excluding carboxylic acids is 1. The highest BCUT2D eigenvalue weighted by molar-refractivity contribution is 5.99. The van der Waals surface area contributed by atoms with Crippen molar-refractivity contribution in [3.8, 4) is 0 Å². The van der Waals surface area contributed by atoms with E-state index < -0.39 is 0 Å². The first-order valence-corrected chi connectivity index (χ1v) is 6.75. The van der Waals surface area contributed by atoms with Crippen LogP contribution in [-0.2, 0) is 4.74 Å². The molecule has 0 atom stereocenters. The van der Waals surface area contributed by atoms with E-state index in [1.165, 1.54) is 0 Å². The van der Waals surface area contributed by atoms with Crippen LogP contribution in [0.4, 0.5) is 5.69 Å². The zero-order chi connectivity index (χ0) is 14.3. The molecule has 1 aromatic carbocycles. The van der Waals surface area contributed by atoms with Crippen LogP contribution >= 0.6 is 0 Å². The number of amides is 1. The Morgan fingerprint density at radius 1 is 1.40 bits per heavy atom. The number of benzene rings is 1. The topological polar surface area (TPSA) is 71.3 Å². The van der Waals surface area contributed by atoms with Gasteiger partial charge in [0.05, 0.1) is 18.8 Å². The number of fused-ring (bicyclic) bond motifs is 1. The van der Waals surface area contributed by atoms with E-state index in [9.17, 15) is 4.79 Å². The van der Waals surface area contributed by atoms with Gasteiger partial charge in [-0.3, -0.25) is 4.79 Å². The van der Waals surface area contributed by atoms with E-state index in [0.29, 0.717) is 31.1 Å². The zero-order valence-corrected chi connectivity index (χ0v) is 11.8. The molecule has 3 N–H and O–H groups in total. The molecule has 1 aromatic heterocycles. The first-order valence-electron chi connectivity index (χ1n) is 6.75. The standard InChI is InChI=1S/C15H19N3O2/c1-15(2)9-20-6-5-18(15)14(19)13-8-10-7-11(16)3-4-12(10)17-13/h3-4,7-8,17H,5-6,9,16H2,1-2H3. The van der Waals surface area contributed by atoms with Gasteiger partial charge in [0.1, 0.15) is 5.69 Å². The van der Waals surface area contributed by atoms with E-state index in [0.717, 1.165) is 10.9 Å². The highest BCUT2D eigenvalue weighted by Crippen LogP contribution is 2.24. The highest BCUT2D eigenvalue weighted by Gasteiger charge is 2.35. The van der Waals surface area contributed by atoms with Crippen LogP contribution in [0.2, 0.25) is 0 Å². The molecule has 0 bridgehead atoms. The minimum absolute atomic E-state index is 0.00747. The van der Waals surface area contributed by atoms with Crippen LogP contribution in [-0.4, -0.2) is 41.1 Å². The predicted octanol–water partition coefficient (Wildman–Crippen LogP) is 2.00. The summed E-state index contributed by atoms with van der Waals surface area (Å²) in [6.07, 6.45) is 0. The number of ether oxygens (including phenoxy) is 1. The maximum Gasteiger partial charge on any atom is 0.270 e. The fourth-order valence-corrected chi connectivity index (χ4v) is 2.65. The fourth-order valence-electron chi connectivity index (χ4n) is 2.65. The van der Waals surface area contributed by atoms with Gasteiger partial charge in [0.25, 0.3) is 5.91 Å². The first-order chi connectivity index (χ1) is 9.47. The Labute approximate surface area is 117 Å². The smallest absolute Gasteiger partial charge is 0.270 e. The SMILES string of the molecule is CC1(C)COCCN1C(=O)c1cc2cc(N)ccc2[nH]1. The third-order valence-corrected chi connectivity index (χ3v) is 3.77. The number of morpholine rings is 1. The van der Waals surface area contributed by atoms with Gasteiger partial charge in [0, 0.05) is 23.1 Å². The highest BCUT2D eigenvalue weighted by atomic mass is 16.5. The van der Waals surface area contributed by atoms with Gasteiger partial charge in [-0.15, -0.1) is 0 Å². The summed E-state index contributed by atoms with van der Waals surface area (Å²) in [7, 11) is 0. The van der Waals surface area contributed by atoms with Crippen LogP contribution in [0.5, 0.6) is 0 Å². The molecule has 2 heterocycles. The number of nitrogens with one attached hydrogen (secondary N) is 1. The van der Waals surface area contributed by atoms with E-state index in [4.69, 9.17) is 10.5 Å². The number of H-pyrrole nitrogens is 1. The van der Waals surface area contributed by atoms with Crippen molar-refractivity contribution >= 4 is 22.5 Å². The van der Waals surface area contributed by atoms with Gasteiger partial charge in [-0.05, 0) is 38.1 Å². The lowest BCUT2D eigenvalue weighted by atomic mass is 10.0. The molecule has 0 saturated carbocycles. The Kier molecular flexibility index (Phi) is 2.94. The molecule has 5 nitrogen and oxygen atoms in total. The van der Waals surface area contributed by atoms with E-state index in [-0.39, 0.29) is 11.4 Å². The van der Waals surface area contributed by atoms with Crippen molar-refractivity contribution in [3.05, 3.63) is 30.0 Å². The lowest BCUT2D eigenvalue weighted by Gasteiger charge is -2.41. The molecule has 1 aliphatic heterocycles. The third-order valence-electron chi connectivity index (χ3n) is 3.77. The molecule has 1 amide bonds. The number of anilines is 1. The Hall–Kier alpha value is -2.01. The Balaban J connectivity index is 1.95. The molecule has 0 radical (unpaired) electrons. The molecular weight excluding hydrogens is 254 g/mol. The van der Waals surface area contributed by atoms with E-state index >= 15 is 0 Å². The lowest BCUT2D eigenvalue weighted by molar-refractivity contribution is -0.0372. The van der Waals surface area contributed by atoms with Crippen LogP contribution in [0.25, 0.3) is 10.9 Å². The number of aromatic amines is 1. The number of aromatic nitrogens is 1. The average molecular weight is 273 g/mol. The second-order valence-electron chi connectivity index (χ2n) is 5.85. The minimum atomic E-state index is -0.286. The van der Waals surface area contributed by atoms with Gasteiger partial charge in [-0.1, -0.05) is 0 Å². The number of carbonyl (C=O) groups is 1. The third kappa shape index (κ3) is 2.14. The van der Waals surface area contributed by atoms with Gasteiger partial charge in [-0.25, -0.2) is 0 Å². The van der Waals surface area contributed by atoms with Crippen molar-refractivity contribution in [3.63, 3.8) is 0 Å². The molecule has 106 valence electrons. The maximum atomic E-state index is 12.7. The number of nitrogens with zero attached hydrogens (tertiary/aromatic N) is 1. The normalized spacial score (nSPS) is 18.4. The quantitative estimate of drug-likeness (QED) is 0.781. The summed E-state index contributed by atoms with van der Waals surface area (Å²) in [6, 6.07) is 7.45. The first kappa shape index (κ1) is 13.0. The average Bonchev–Trinajstić information content (AvgIpc) is 2.80. The monoisotopic (exact) mass is 273 g/mol. The summed E-state index contributed by atoms with van der Waals surface area (Å²) in [5, 5.41) is 0.958. The van der Waals surface area contributed by atoms with Crippen molar-refractivity contribution in [2.45, 2.75) is 19.4 Å². The number of nitrogen functional groups attached to an aromatic ring is 1. The van der Waals surface area contributed by atoms with E-state index in [1.54, 1.807) is 0 Å². The summed E-state index contributed by atoms with van der Waals surface area (Å²) in [5.74, 6) is 0.00747. The molecule has 1 aliphatic rings. The van der Waals surface area contributed by atoms with Gasteiger partial charge < -0.3 is 20.4 Å². The van der Waals surface area contributed by atoms with Crippen LogP contribution in [0.3, 0.4) is 0 Å². The molecule has 20 heavy (non-hydrogen) atoms. The molecule has 0 aliphatic carbocycles. The number of hydrogen-bond acceptors (Lipinski definition) is 3. The molecule has 1 saturated heterocycles. The molecule has 1 fully saturated rings. The Bertz CT molecular complexity index is 660. The summed E-state index contributed by atoms with van der Waals surface area (Å²) >= 11 is 0. The van der Waals surface area contributed by atoms with Crippen LogP contribution < -0.4 is 5.73 Å². The van der Waals surface area contributed by atoms with Gasteiger partial charge in [0.15, 0.2) is 0 Å². The van der Waals surface area contributed by atoms with Crippen molar-refractivity contribution in [1.29, 1.82) is 0 Å². The van der Waals surface area contributed by atoms with Crippen molar-refractivity contribution < 1.29 is 9.53 Å². The molecule has 5 heteroatoms. The number of hydrogen-bond donors (Lipinski definition) is 2. The zero-order valence-electron chi connectivity index (χ0n) is 11.8. The summed E-state index contributed by atoms with van der Waals surface area (Å²) in [4.78, 5) is 17.7. The molecular formula is C15H19N3O2. The summed E-state index contributed by atoms with van der Waals surface area (Å²) < 4.78 is 5.46. The van der Waals surface area contributed by atoms with Gasteiger partial charge in [0.2, 0.25) is 0 Å². The lowest BCUT2D eigenvalue weighted by Crippen LogP contribution is -2.55. The second-order valence-corrected chi connectivity index (χ2v) is 5.85. The van der Waals surface area contributed by atoms with Crippen molar-refractivity contribution in [1.82, 2.24) is 9.88 Å². The van der Waals surface area contributed by atoms with Gasteiger partial charge in [-0.2, -0.15) is 0 Å². The Morgan fingerprint density at radius 2 is 2.20 bits per heavy atom. The van der Waals surface area contributed by atoms with E-state index in [1.807, 2.05) is 43.0 Å². The number of nitrogens with two attached hydrogens (primary N) is 1. The second kappa shape index (κ2) is 4.52. The van der Waals surface area contributed by atoms with Crippen LogP contribution in [0.15, 0.2) is 24.3 Å². The van der Waals surface area contributed by atoms with Crippen LogP contribution in [0, 0.1) is 0 Å². The molecule has 0 unspecified atom stereocenters. The Morgan fingerprint density at radius 3 is 2.95 bits per heavy atom. The van der Waals surface area contributed by atoms with Crippen LogP contribution in [0.1, 0.15) is 24.3 Å². The largest absolute Gasteiger partial charge is 0.399 e. The summed E-state index contributed by atoms with van der Waals surface area (Å²) in [5.41, 5.74) is 7.70. The van der Waals surface area contributed by atoms with E-state index in [2.05, 4.69) is 4.98 Å². The number of rotatable bonds is 1. The van der Waals surface area contributed by atoms with Crippen molar-refractivity contribution in [2.24, 2.45) is 0 Å². The minimum Gasteiger partial charge on any atom is -0.399 e. The van der Waals surface area contributed by atoms with Crippen molar-refractivity contribution in [2.75, 3.05) is 25.5 Å². The molecule has 3 rings (SSSR count). The fraction of sp³-hybridized carbons (Fsp3) is 0.400. The maximum absolute atomic E-state index is 12.7. The molecule has 2 aromatic rings. The summed E-state index contributed by atoms with van der Waals surface area (Å²) in [6.45, 7) is 5.80. The predicted molar refractivity (Wildman–Crippen MR) is 78.6 cm³/mol. The molecule has 0 spiro atoms.